The summed E-state index contributed by atoms with van der Waals surface area (Å²) in [6.45, 7) is 4.41. The van der Waals surface area contributed by atoms with E-state index in [0.717, 1.165) is 16.3 Å². The maximum absolute atomic E-state index is 9.31. The lowest BCUT2D eigenvalue weighted by molar-refractivity contribution is 0.311. The molecule has 0 unspecified atom stereocenters. The zero-order valence-corrected chi connectivity index (χ0v) is 13.0. The molecular formula is C16H16N2O2S. The van der Waals surface area contributed by atoms with E-state index in [0.29, 0.717) is 23.7 Å². The number of nitrogens with zero attached hydrogens (tertiary/aromatic N) is 2. The molecule has 2 rings (SSSR count). The molecule has 0 saturated heterocycles. The number of ether oxygens (including phenoxy) is 2. The third-order valence-corrected chi connectivity index (χ3v) is 3.76. The summed E-state index contributed by atoms with van der Waals surface area (Å²) >= 11 is 1.46. The van der Waals surface area contributed by atoms with Crippen molar-refractivity contribution in [1.82, 2.24) is 4.98 Å². The molecule has 1 aromatic carbocycles. The van der Waals surface area contributed by atoms with Crippen molar-refractivity contribution >= 4 is 23.0 Å². The number of nitriles is 1. The van der Waals surface area contributed by atoms with E-state index in [-0.39, 0.29) is 0 Å². The second-order valence-corrected chi connectivity index (χ2v) is 5.17. The monoisotopic (exact) mass is 300 g/mol. The van der Waals surface area contributed by atoms with Crippen molar-refractivity contribution in [3.05, 3.63) is 39.8 Å². The first-order valence-electron chi connectivity index (χ1n) is 6.53. The molecule has 21 heavy (non-hydrogen) atoms. The van der Waals surface area contributed by atoms with Gasteiger partial charge in [-0.15, -0.1) is 11.3 Å². The van der Waals surface area contributed by atoms with Crippen molar-refractivity contribution in [3.8, 4) is 17.6 Å². The molecular weight excluding hydrogens is 284 g/mol. The van der Waals surface area contributed by atoms with Gasteiger partial charge in [0.15, 0.2) is 11.5 Å². The summed E-state index contributed by atoms with van der Waals surface area (Å²) in [7, 11) is 1.60. The van der Waals surface area contributed by atoms with Gasteiger partial charge in [0.05, 0.1) is 19.3 Å². The van der Waals surface area contributed by atoms with Gasteiger partial charge >= 0.3 is 0 Å². The lowest BCUT2D eigenvalue weighted by atomic mass is 10.1. The summed E-state index contributed by atoms with van der Waals surface area (Å²) in [5.41, 5.74) is 2.33. The van der Waals surface area contributed by atoms with E-state index in [2.05, 4.69) is 11.1 Å². The molecule has 4 nitrogen and oxygen atoms in total. The molecule has 0 amide bonds. The minimum absolute atomic E-state index is 0.541. The Morgan fingerprint density at radius 2 is 2.24 bits per heavy atom. The Balaban J connectivity index is 2.37. The number of aromatic nitrogens is 1. The Morgan fingerprint density at radius 3 is 2.81 bits per heavy atom. The van der Waals surface area contributed by atoms with Crippen LogP contribution in [0.5, 0.6) is 11.5 Å². The molecule has 1 heterocycles. The van der Waals surface area contributed by atoms with Crippen LogP contribution in [-0.4, -0.2) is 18.7 Å². The largest absolute Gasteiger partial charge is 0.493 e. The molecule has 0 aliphatic rings. The summed E-state index contributed by atoms with van der Waals surface area (Å²) in [6.07, 6.45) is 1.80. The van der Waals surface area contributed by atoms with Gasteiger partial charge in [-0.25, -0.2) is 4.98 Å². The summed E-state index contributed by atoms with van der Waals surface area (Å²) in [6, 6.07) is 7.78. The van der Waals surface area contributed by atoms with Crippen LogP contribution in [-0.2, 0) is 0 Å². The molecule has 2 aromatic rings. The Hall–Kier alpha value is -2.32. The fraction of sp³-hybridized carbons (Fsp3) is 0.250. The highest BCUT2D eigenvalue weighted by molar-refractivity contribution is 7.11. The van der Waals surface area contributed by atoms with E-state index in [4.69, 9.17) is 9.47 Å². The van der Waals surface area contributed by atoms with Crippen LogP contribution in [0.4, 0.5) is 0 Å². The standard InChI is InChI=1S/C16H16N2O2S/c1-4-20-14-6-5-12(8-15(14)19-3)7-13(9-17)16-18-11(2)10-21-16/h5-8,10H,4H2,1-3H3. The minimum atomic E-state index is 0.541. The lowest BCUT2D eigenvalue weighted by Crippen LogP contribution is -1.95. The van der Waals surface area contributed by atoms with Crippen molar-refractivity contribution in [3.63, 3.8) is 0 Å². The summed E-state index contributed by atoms with van der Waals surface area (Å²) in [5, 5.41) is 12.0. The first-order chi connectivity index (χ1) is 10.2. The van der Waals surface area contributed by atoms with Crippen LogP contribution in [0.1, 0.15) is 23.2 Å². The van der Waals surface area contributed by atoms with Crippen molar-refractivity contribution in [2.24, 2.45) is 0 Å². The van der Waals surface area contributed by atoms with Gasteiger partial charge in [-0.3, -0.25) is 0 Å². The van der Waals surface area contributed by atoms with Gasteiger partial charge in [0.2, 0.25) is 0 Å². The fourth-order valence-corrected chi connectivity index (χ4v) is 2.60. The van der Waals surface area contributed by atoms with Crippen LogP contribution in [0.2, 0.25) is 0 Å². The van der Waals surface area contributed by atoms with Gasteiger partial charge in [0.1, 0.15) is 11.1 Å². The number of rotatable bonds is 5. The SMILES string of the molecule is CCOc1ccc(C=C(C#N)c2nc(C)cs2)cc1OC. The number of allylic oxidation sites excluding steroid dienone is 1. The molecule has 0 atom stereocenters. The maximum atomic E-state index is 9.31. The van der Waals surface area contributed by atoms with E-state index in [9.17, 15) is 5.26 Å². The molecule has 0 aliphatic carbocycles. The number of hydrogen-bond acceptors (Lipinski definition) is 5. The zero-order chi connectivity index (χ0) is 15.2. The number of methoxy groups -OCH3 is 1. The van der Waals surface area contributed by atoms with Crippen molar-refractivity contribution in [1.29, 1.82) is 5.26 Å². The number of thiazole rings is 1. The Kier molecular flexibility index (Phi) is 4.96. The topological polar surface area (TPSA) is 55.1 Å². The predicted molar refractivity (Wildman–Crippen MR) is 84.5 cm³/mol. The highest BCUT2D eigenvalue weighted by Gasteiger charge is 2.08. The highest BCUT2D eigenvalue weighted by atomic mass is 32.1. The van der Waals surface area contributed by atoms with E-state index in [1.165, 1.54) is 11.3 Å². The van der Waals surface area contributed by atoms with E-state index < -0.39 is 0 Å². The van der Waals surface area contributed by atoms with Crippen LogP contribution in [0.25, 0.3) is 11.6 Å². The lowest BCUT2D eigenvalue weighted by Gasteiger charge is -2.09. The van der Waals surface area contributed by atoms with Crippen LogP contribution in [0.15, 0.2) is 23.6 Å². The third-order valence-electron chi connectivity index (χ3n) is 2.77. The molecule has 0 N–H and O–H groups in total. The predicted octanol–water partition coefficient (Wildman–Crippen LogP) is 3.92. The van der Waals surface area contributed by atoms with Crippen LogP contribution < -0.4 is 9.47 Å². The number of aryl methyl sites for hydroxylation is 1. The fourth-order valence-electron chi connectivity index (χ4n) is 1.83. The average Bonchev–Trinajstić information content (AvgIpc) is 2.92. The molecule has 5 heteroatoms. The van der Waals surface area contributed by atoms with Crippen LogP contribution in [0.3, 0.4) is 0 Å². The van der Waals surface area contributed by atoms with Crippen LogP contribution in [0, 0.1) is 18.3 Å². The molecule has 0 fully saturated rings. The molecule has 1 aromatic heterocycles. The van der Waals surface area contributed by atoms with Crippen molar-refractivity contribution in [2.75, 3.05) is 13.7 Å². The summed E-state index contributed by atoms with van der Waals surface area (Å²) < 4.78 is 10.8. The molecule has 0 saturated carbocycles. The van der Waals surface area contributed by atoms with Crippen LogP contribution >= 0.6 is 11.3 Å². The molecule has 0 radical (unpaired) electrons. The second-order valence-electron chi connectivity index (χ2n) is 4.31. The van der Waals surface area contributed by atoms with Gasteiger partial charge in [-0.05, 0) is 37.6 Å². The maximum Gasteiger partial charge on any atom is 0.161 e. The smallest absolute Gasteiger partial charge is 0.161 e. The zero-order valence-electron chi connectivity index (χ0n) is 12.2. The first kappa shape index (κ1) is 15.1. The number of hydrogen-bond donors (Lipinski definition) is 0. The Morgan fingerprint density at radius 1 is 1.43 bits per heavy atom. The van der Waals surface area contributed by atoms with E-state index in [1.54, 1.807) is 13.2 Å². The van der Waals surface area contributed by atoms with Gasteiger partial charge in [0, 0.05) is 11.1 Å². The normalized spacial score (nSPS) is 11.0. The Labute approximate surface area is 128 Å². The second kappa shape index (κ2) is 6.91. The van der Waals surface area contributed by atoms with Gasteiger partial charge in [-0.1, -0.05) is 6.07 Å². The minimum Gasteiger partial charge on any atom is -0.493 e. The molecule has 108 valence electrons. The van der Waals surface area contributed by atoms with Gasteiger partial charge < -0.3 is 9.47 Å². The number of benzene rings is 1. The summed E-state index contributed by atoms with van der Waals surface area (Å²) in [4.78, 5) is 4.34. The quantitative estimate of drug-likeness (QED) is 0.785. The molecule has 0 aliphatic heterocycles. The van der Waals surface area contributed by atoms with E-state index in [1.807, 2.05) is 37.4 Å². The molecule has 0 bridgehead atoms. The van der Waals surface area contributed by atoms with Gasteiger partial charge in [0.25, 0.3) is 0 Å². The first-order valence-corrected chi connectivity index (χ1v) is 7.41. The van der Waals surface area contributed by atoms with E-state index >= 15 is 0 Å². The van der Waals surface area contributed by atoms with Gasteiger partial charge in [-0.2, -0.15) is 5.26 Å². The molecule has 0 spiro atoms. The highest BCUT2D eigenvalue weighted by Crippen LogP contribution is 2.30. The summed E-state index contributed by atoms with van der Waals surface area (Å²) in [5.74, 6) is 1.35. The Bertz CT molecular complexity index is 699. The van der Waals surface area contributed by atoms with Crippen molar-refractivity contribution in [2.45, 2.75) is 13.8 Å². The average molecular weight is 300 g/mol. The third kappa shape index (κ3) is 3.61. The van der Waals surface area contributed by atoms with Crippen molar-refractivity contribution < 1.29 is 9.47 Å².